The fourth-order valence-corrected chi connectivity index (χ4v) is 2.06. The van der Waals surface area contributed by atoms with Crippen LogP contribution in [0.4, 0.5) is 10.5 Å². The van der Waals surface area contributed by atoms with Crippen molar-refractivity contribution >= 4 is 17.6 Å². The number of hydrogen-bond acceptors (Lipinski definition) is 3. The fraction of sp³-hybridized carbons (Fsp3) is 0.467. The van der Waals surface area contributed by atoms with E-state index in [9.17, 15) is 9.59 Å². The minimum absolute atomic E-state index is 0.000263. The Morgan fingerprint density at radius 3 is 2.48 bits per heavy atom. The molecule has 1 aromatic carbocycles. The van der Waals surface area contributed by atoms with E-state index in [0.29, 0.717) is 44.1 Å². The summed E-state index contributed by atoms with van der Waals surface area (Å²) in [5, 5.41) is 5.46. The molecule has 2 N–H and O–H groups in total. The van der Waals surface area contributed by atoms with Gasteiger partial charge in [0.1, 0.15) is 0 Å². The minimum Gasteiger partial charge on any atom is -0.378 e. The van der Waals surface area contributed by atoms with Crippen LogP contribution in [0.25, 0.3) is 0 Å². The van der Waals surface area contributed by atoms with Crippen molar-refractivity contribution in [1.82, 2.24) is 10.2 Å². The van der Waals surface area contributed by atoms with Gasteiger partial charge in [-0.25, -0.2) is 4.79 Å². The zero-order valence-electron chi connectivity index (χ0n) is 12.2. The molecule has 1 aliphatic heterocycles. The van der Waals surface area contributed by atoms with Gasteiger partial charge in [-0.2, -0.15) is 0 Å². The average molecular weight is 291 g/mol. The van der Waals surface area contributed by atoms with Crippen molar-refractivity contribution in [2.75, 3.05) is 38.2 Å². The molecule has 1 saturated heterocycles. The topological polar surface area (TPSA) is 70.7 Å². The smallest absolute Gasteiger partial charge is 0.319 e. The number of amides is 3. The van der Waals surface area contributed by atoms with Crippen molar-refractivity contribution < 1.29 is 14.3 Å². The van der Waals surface area contributed by atoms with Crippen LogP contribution in [0, 0.1) is 0 Å². The Morgan fingerprint density at radius 2 is 1.86 bits per heavy atom. The van der Waals surface area contributed by atoms with Crippen LogP contribution in [-0.2, 0) is 4.74 Å². The van der Waals surface area contributed by atoms with Crippen LogP contribution in [0.1, 0.15) is 23.7 Å². The Labute approximate surface area is 124 Å². The summed E-state index contributed by atoms with van der Waals surface area (Å²) in [5.74, 6) is 0.000263. The molecule has 1 heterocycles. The van der Waals surface area contributed by atoms with Gasteiger partial charge in [-0.05, 0) is 30.7 Å². The lowest BCUT2D eigenvalue weighted by Gasteiger charge is -2.26. The molecule has 6 nitrogen and oxygen atoms in total. The molecule has 1 fully saturated rings. The average Bonchev–Trinajstić information content (AvgIpc) is 2.54. The highest BCUT2D eigenvalue weighted by molar-refractivity contribution is 5.95. The monoisotopic (exact) mass is 291 g/mol. The van der Waals surface area contributed by atoms with Crippen LogP contribution in [-0.4, -0.2) is 49.7 Å². The number of morpholine rings is 1. The third-order valence-electron chi connectivity index (χ3n) is 3.22. The van der Waals surface area contributed by atoms with Gasteiger partial charge in [0, 0.05) is 30.9 Å². The molecule has 114 valence electrons. The number of carbonyl (C=O) groups excluding carboxylic acids is 2. The third-order valence-corrected chi connectivity index (χ3v) is 3.22. The molecule has 6 heteroatoms. The zero-order valence-corrected chi connectivity index (χ0v) is 12.2. The Hall–Kier alpha value is -2.08. The first-order valence-electron chi connectivity index (χ1n) is 7.22. The summed E-state index contributed by atoms with van der Waals surface area (Å²) in [6.07, 6.45) is 0.889. The maximum Gasteiger partial charge on any atom is 0.319 e. The molecule has 21 heavy (non-hydrogen) atoms. The van der Waals surface area contributed by atoms with Gasteiger partial charge in [0.2, 0.25) is 0 Å². The highest BCUT2D eigenvalue weighted by Gasteiger charge is 2.18. The number of anilines is 1. The maximum atomic E-state index is 12.2. The molecule has 3 amide bonds. The van der Waals surface area contributed by atoms with Crippen LogP contribution in [0.5, 0.6) is 0 Å². The Morgan fingerprint density at radius 1 is 1.19 bits per heavy atom. The first kappa shape index (κ1) is 15.3. The minimum atomic E-state index is -0.232. The Balaban J connectivity index is 1.91. The summed E-state index contributed by atoms with van der Waals surface area (Å²) in [6.45, 7) is 5.05. The molecule has 0 aliphatic carbocycles. The molecule has 0 spiro atoms. The molecule has 0 unspecified atom stereocenters. The lowest BCUT2D eigenvalue weighted by Crippen LogP contribution is -2.40. The van der Waals surface area contributed by atoms with Gasteiger partial charge in [-0.1, -0.05) is 6.92 Å². The zero-order chi connectivity index (χ0) is 15.1. The SMILES string of the molecule is CCCNC(=O)Nc1ccc(C(=O)N2CCOCC2)cc1. The predicted octanol–water partition coefficient (Wildman–Crippen LogP) is 1.69. The van der Waals surface area contributed by atoms with Crippen LogP contribution in [0.3, 0.4) is 0 Å². The third kappa shape index (κ3) is 4.46. The molecular formula is C15H21N3O3. The van der Waals surface area contributed by atoms with E-state index < -0.39 is 0 Å². The first-order chi connectivity index (χ1) is 10.2. The van der Waals surface area contributed by atoms with Gasteiger partial charge < -0.3 is 20.3 Å². The number of nitrogens with one attached hydrogen (secondary N) is 2. The molecule has 0 bridgehead atoms. The van der Waals surface area contributed by atoms with Crippen molar-refractivity contribution in [3.8, 4) is 0 Å². The maximum absolute atomic E-state index is 12.2. The lowest BCUT2D eigenvalue weighted by atomic mass is 10.1. The quantitative estimate of drug-likeness (QED) is 0.887. The van der Waals surface area contributed by atoms with E-state index in [0.717, 1.165) is 6.42 Å². The summed E-state index contributed by atoms with van der Waals surface area (Å²) in [6, 6.07) is 6.70. The summed E-state index contributed by atoms with van der Waals surface area (Å²) < 4.78 is 5.23. The number of carbonyl (C=O) groups is 2. The van der Waals surface area contributed by atoms with E-state index >= 15 is 0 Å². The predicted molar refractivity (Wildman–Crippen MR) is 80.5 cm³/mol. The van der Waals surface area contributed by atoms with Crippen molar-refractivity contribution in [2.45, 2.75) is 13.3 Å². The normalized spacial score (nSPS) is 14.6. The van der Waals surface area contributed by atoms with Crippen molar-refractivity contribution in [3.05, 3.63) is 29.8 Å². The van der Waals surface area contributed by atoms with Crippen LogP contribution >= 0.6 is 0 Å². The molecule has 2 rings (SSSR count). The molecule has 0 saturated carbocycles. The molecule has 0 radical (unpaired) electrons. The highest BCUT2D eigenvalue weighted by Crippen LogP contribution is 2.12. The largest absolute Gasteiger partial charge is 0.378 e. The van der Waals surface area contributed by atoms with Crippen molar-refractivity contribution in [2.24, 2.45) is 0 Å². The van der Waals surface area contributed by atoms with Gasteiger partial charge in [-0.15, -0.1) is 0 Å². The van der Waals surface area contributed by atoms with E-state index in [4.69, 9.17) is 4.74 Å². The number of ether oxygens (including phenoxy) is 1. The standard InChI is InChI=1S/C15H21N3O3/c1-2-7-16-15(20)17-13-5-3-12(4-6-13)14(19)18-8-10-21-11-9-18/h3-6H,2,7-11H2,1H3,(H2,16,17,20). The van der Waals surface area contributed by atoms with E-state index in [-0.39, 0.29) is 11.9 Å². The second-order valence-electron chi connectivity index (χ2n) is 4.86. The second kappa shape index (κ2) is 7.64. The van der Waals surface area contributed by atoms with Gasteiger partial charge in [0.05, 0.1) is 13.2 Å². The summed E-state index contributed by atoms with van der Waals surface area (Å²) in [5.41, 5.74) is 1.29. The van der Waals surface area contributed by atoms with Crippen LogP contribution in [0.15, 0.2) is 24.3 Å². The Kier molecular flexibility index (Phi) is 5.57. The van der Waals surface area contributed by atoms with Gasteiger partial charge in [0.25, 0.3) is 5.91 Å². The fourth-order valence-electron chi connectivity index (χ4n) is 2.06. The number of rotatable bonds is 4. The van der Waals surface area contributed by atoms with E-state index in [1.54, 1.807) is 29.2 Å². The number of urea groups is 1. The van der Waals surface area contributed by atoms with Gasteiger partial charge in [0.15, 0.2) is 0 Å². The molecule has 0 aromatic heterocycles. The number of nitrogens with zero attached hydrogens (tertiary/aromatic N) is 1. The van der Waals surface area contributed by atoms with Crippen molar-refractivity contribution in [3.63, 3.8) is 0 Å². The van der Waals surface area contributed by atoms with Crippen LogP contribution < -0.4 is 10.6 Å². The summed E-state index contributed by atoms with van der Waals surface area (Å²) >= 11 is 0. The van der Waals surface area contributed by atoms with Gasteiger partial charge in [-0.3, -0.25) is 4.79 Å². The van der Waals surface area contributed by atoms with E-state index in [1.807, 2.05) is 6.92 Å². The lowest BCUT2D eigenvalue weighted by molar-refractivity contribution is 0.0303. The summed E-state index contributed by atoms with van der Waals surface area (Å²) in [7, 11) is 0. The van der Waals surface area contributed by atoms with Crippen LogP contribution in [0.2, 0.25) is 0 Å². The second-order valence-corrected chi connectivity index (χ2v) is 4.86. The first-order valence-corrected chi connectivity index (χ1v) is 7.22. The molecule has 1 aliphatic rings. The van der Waals surface area contributed by atoms with E-state index in [1.165, 1.54) is 0 Å². The van der Waals surface area contributed by atoms with E-state index in [2.05, 4.69) is 10.6 Å². The molecule has 1 aromatic rings. The van der Waals surface area contributed by atoms with Crippen molar-refractivity contribution in [1.29, 1.82) is 0 Å². The number of hydrogen-bond donors (Lipinski definition) is 2. The van der Waals surface area contributed by atoms with Gasteiger partial charge >= 0.3 is 6.03 Å². The molecular weight excluding hydrogens is 270 g/mol. The Bertz CT molecular complexity index is 481. The summed E-state index contributed by atoms with van der Waals surface area (Å²) in [4.78, 5) is 25.5. The number of benzene rings is 1. The highest BCUT2D eigenvalue weighted by atomic mass is 16.5. The molecule has 0 atom stereocenters.